The number of halogens is 1. The van der Waals surface area contributed by atoms with Crippen molar-refractivity contribution in [1.82, 2.24) is 15.3 Å². The summed E-state index contributed by atoms with van der Waals surface area (Å²) in [5, 5.41) is 4.54. The number of hydrogen-bond acceptors (Lipinski definition) is 3. The van der Waals surface area contributed by atoms with Crippen molar-refractivity contribution in [3.8, 4) is 0 Å². The van der Waals surface area contributed by atoms with Gasteiger partial charge in [-0.1, -0.05) is 12.1 Å². The molecule has 2 heterocycles. The van der Waals surface area contributed by atoms with E-state index in [0.29, 0.717) is 0 Å². The third-order valence-electron chi connectivity index (χ3n) is 3.58. The van der Waals surface area contributed by atoms with Gasteiger partial charge in [0.15, 0.2) is 0 Å². The fraction of sp³-hybridized carbons (Fsp3) is 0.176. The highest BCUT2D eigenvalue weighted by atomic mass is 79.9. The van der Waals surface area contributed by atoms with E-state index in [9.17, 15) is 0 Å². The topological polar surface area (TPSA) is 37.8 Å². The molecule has 1 aromatic carbocycles. The molecule has 1 N–H and O–H groups in total. The number of benzene rings is 1. The van der Waals surface area contributed by atoms with Crippen LogP contribution in [0, 0.1) is 0 Å². The zero-order valence-electron chi connectivity index (χ0n) is 11.8. The number of nitrogens with one attached hydrogen (secondary N) is 1. The molecule has 0 spiro atoms. The second-order valence-corrected chi connectivity index (χ2v) is 5.88. The number of aromatic nitrogens is 2. The maximum Gasteiger partial charge on any atom is 0.0702 e. The zero-order chi connectivity index (χ0) is 14.7. The smallest absolute Gasteiger partial charge is 0.0702 e. The quantitative estimate of drug-likeness (QED) is 0.782. The van der Waals surface area contributed by atoms with Crippen LogP contribution in [0.25, 0.3) is 10.9 Å². The molecule has 0 aliphatic heterocycles. The normalized spacial score (nSPS) is 12.5. The molecule has 4 heteroatoms. The summed E-state index contributed by atoms with van der Waals surface area (Å²) in [5.74, 6) is 0. The number of hydrogen-bond donors (Lipinski definition) is 1. The molecule has 21 heavy (non-hydrogen) atoms. The minimum Gasteiger partial charge on any atom is -0.313 e. The third kappa shape index (κ3) is 3.28. The Bertz CT molecular complexity index is 740. The van der Waals surface area contributed by atoms with Crippen molar-refractivity contribution >= 4 is 26.8 Å². The molecule has 3 nitrogen and oxygen atoms in total. The van der Waals surface area contributed by atoms with E-state index in [0.717, 1.165) is 22.1 Å². The predicted molar refractivity (Wildman–Crippen MR) is 89.2 cm³/mol. The molecule has 1 atom stereocenters. The molecule has 0 saturated carbocycles. The van der Waals surface area contributed by atoms with E-state index in [-0.39, 0.29) is 6.04 Å². The molecular weight excluding hydrogens is 326 g/mol. The standard InChI is InChI=1S/C17H16BrN3/c1-19-17(10-15-6-5-14(18)11-21-15)13-4-7-16-12(9-13)3-2-8-20-16/h2-9,11,17,19H,10H2,1H3. The van der Waals surface area contributed by atoms with Gasteiger partial charge in [-0.2, -0.15) is 0 Å². The summed E-state index contributed by atoms with van der Waals surface area (Å²) in [6.07, 6.45) is 4.52. The van der Waals surface area contributed by atoms with Gasteiger partial charge < -0.3 is 5.32 Å². The molecule has 1 unspecified atom stereocenters. The van der Waals surface area contributed by atoms with Gasteiger partial charge in [0.25, 0.3) is 0 Å². The molecule has 0 aliphatic carbocycles. The summed E-state index contributed by atoms with van der Waals surface area (Å²) in [4.78, 5) is 8.82. The number of nitrogens with zero attached hydrogens (tertiary/aromatic N) is 2. The van der Waals surface area contributed by atoms with Crippen LogP contribution < -0.4 is 5.32 Å². The van der Waals surface area contributed by atoms with Crippen molar-refractivity contribution in [1.29, 1.82) is 0 Å². The molecule has 3 rings (SSSR count). The van der Waals surface area contributed by atoms with Crippen LogP contribution >= 0.6 is 15.9 Å². The van der Waals surface area contributed by atoms with E-state index in [1.807, 2.05) is 31.6 Å². The van der Waals surface area contributed by atoms with Crippen molar-refractivity contribution in [2.24, 2.45) is 0 Å². The van der Waals surface area contributed by atoms with E-state index in [1.54, 1.807) is 0 Å². The maximum atomic E-state index is 4.45. The minimum atomic E-state index is 0.239. The lowest BCUT2D eigenvalue weighted by molar-refractivity contribution is 0.585. The molecule has 0 radical (unpaired) electrons. The van der Waals surface area contributed by atoms with Crippen LogP contribution in [-0.4, -0.2) is 17.0 Å². The first-order valence-corrected chi connectivity index (χ1v) is 7.68. The largest absolute Gasteiger partial charge is 0.313 e. The van der Waals surface area contributed by atoms with Gasteiger partial charge in [0, 0.05) is 40.4 Å². The van der Waals surface area contributed by atoms with Crippen LogP contribution in [0.1, 0.15) is 17.3 Å². The second-order valence-electron chi connectivity index (χ2n) is 4.97. The summed E-state index contributed by atoms with van der Waals surface area (Å²) in [7, 11) is 1.98. The first kappa shape index (κ1) is 14.2. The van der Waals surface area contributed by atoms with Gasteiger partial charge in [-0.25, -0.2) is 0 Å². The lowest BCUT2D eigenvalue weighted by Crippen LogP contribution is -2.19. The Hall–Kier alpha value is -1.78. The van der Waals surface area contributed by atoms with Gasteiger partial charge in [0.1, 0.15) is 0 Å². The monoisotopic (exact) mass is 341 g/mol. The Kier molecular flexibility index (Phi) is 4.27. The molecule has 0 bridgehead atoms. The van der Waals surface area contributed by atoms with Crippen molar-refractivity contribution in [3.05, 3.63) is 70.6 Å². The Morgan fingerprint density at radius 3 is 2.81 bits per heavy atom. The van der Waals surface area contributed by atoms with Crippen molar-refractivity contribution in [2.45, 2.75) is 12.5 Å². The fourth-order valence-corrected chi connectivity index (χ4v) is 2.67. The van der Waals surface area contributed by atoms with Gasteiger partial charge in [-0.05, 0) is 58.9 Å². The van der Waals surface area contributed by atoms with Gasteiger partial charge in [0.05, 0.1) is 5.52 Å². The van der Waals surface area contributed by atoms with Crippen LogP contribution in [0.4, 0.5) is 0 Å². The van der Waals surface area contributed by atoms with Crippen LogP contribution in [0.3, 0.4) is 0 Å². The maximum absolute atomic E-state index is 4.45. The van der Waals surface area contributed by atoms with E-state index in [2.05, 4.69) is 61.5 Å². The Labute approximate surface area is 132 Å². The molecule has 0 saturated heterocycles. The Balaban J connectivity index is 1.88. The first-order chi connectivity index (χ1) is 10.3. The van der Waals surface area contributed by atoms with Crippen LogP contribution in [0.15, 0.2) is 59.3 Å². The van der Waals surface area contributed by atoms with Gasteiger partial charge in [0.2, 0.25) is 0 Å². The number of likely N-dealkylation sites (N-methyl/N-ethyl adjacent to an activating group) is 1. The number of rotatable bonds is 4. The average Bonchev–Trinajstić information content (AvgIpc) is 2.54. The lowest BCUT2D eigenvalue weighted by atomic mass is 10.00. The highest BCUT2D eigenvalue weighted by molar-refractivity contribution is 9.10. The minimum absolute atomic E-state index is 0.239. The highest BCUT2D eigenvalue weighted by Gasteiger charge is 2.11. The number of pyridine rings is 2. The second kappa shape index (κ2) is 6.33. The Morgan fingerprint density at radius 2 is 2.05 bits per heavy atom. The summed E-state index contributed by atoms with van der Waals surface area (Å²) in [5.41, 5.74) is 3.35. The molecule has 2 aromatic heterocycles. The molecule has 0 fully saturated rings. The molecule has 106 valence electrons. The van der Waals surface area contributed by atoms with Crippen molar-refractivity contribution in [3.63, 3.8) is 0 Å². The zero-order valence-corrected chi connectivity index (χ0v) is 13.3. The summed E-state index contributed by atoms with van der Waals surface area (Å²) >= 11 is 3.42. The fourth-order valence-electron chi connectivity index (χ4n) is 2.43. The highest BCUT2D eigenvalue weighted by Crippen LogP contribution is 2.22. The molecule has 3 aromatic rings. The third-order valence-corrected chi connectivity index (χ3v) is 4.05. The van der Waals surface area contributed by atoms with E-state index >= 15 is 0 Å². The summed E-state index contributed by atoms with van der Waals surface area (Å²) < 4.78 is 1.00. The van der Waals surface area contributed by atoms with Gasteiger partial charge in [-0.3, -0.25) is 9.97 Å². The average molecular weight is 342 g/mol. The molecule has 0 aliphatic rings. The SMILES string of the molecule is CNC(Cc1ccc(Br)cn1)c1ccc2ncccc2c1. The van der Waals surface area contributed by atoms with Crippen molar-refractivity contribution < 1.29 is 0 Å². The van der Waals surface area contributed by atoms with Crippen LogP contribution in [0.5, 0.6) is 0 Å². The summed E-state index contributed by atoms with van der Waals surface area (Å²) in [6, 6.07) is 14.8. The van der Waals surface area contributed by atoms with E-state index in [1.165, 1.54) is 10.9 Å². The number of fused-ring (bicyclic) bond motifs is 1. The van der Waals surface area contributed by atoms with E-state index in [4.69, 9.17) is 0 Å². The summed E-state index contributed by atoms with van der Waals surface area (Å²) in [6.45, 7) is 0. The van der Waals surface area contributed by atoms with E-state index < -0.39 is 0 Å². The first-order valence-electron chi connectivity index (χ1n) is 6.88. The van der Waals surface area contributed by atoms with Crippen LogP contribution in [0.2, 0.25) is 0 Å². The van der Waals surface area contributed by atoms with Crippen molar-refractivity contribution in [2.75, 3.05) is 7.05 Å². The molecule has 0 amide bonds. The van der Waals surface area contributed by atoms with Gasteiger partial charge in [-0.15, -0.1) is 0 Å². The lowest BCUT2D eigenvalue weighted by Gasteiger charge is -2.17. The predicted octanol–water partition coefficient (Wildman–Crippen LogP) is 3.90. The Morgan fingerprint density at radius 1 is 1.14 bits per heavy atom. The van der Waals surface area contributed by atoms with Crippen LogP contribution in [-0.2, 0) is 6.42 Å². The van der Waals surface area contributed by atoms with Gasteiger partial charge >= 0.3 is 0 Å². The molecular formula is C17H16BrN3.